The molecule has 8 rings (SSSR count). The molecule has 5 aromatic carbocycles. The predicted molar refractivity (Wildman–Crippen MR) is 154 cm³/mol. The van der Waals surface area contributed by atoms with Gasteiger partial charge in [0, 0.05) is 21.5 Å². The summed E-state index contributed by atoms with van der Waals surface area (Å²) in [4.78, 5) is 5.31. The van der Waals surface area contributed by atoms with Crippen molar-refractivity contribution in [3.63, 3.8) is 0 Å². The summed E-state index contributed by atoms with van der Waals surface area (Å²) < 4.78 is 14.9. The summed E-state index contributed by atoms with van der Waals surface area (Å²) in [5.74, 6) is 0. The maximum atomic E-state index is 6.32. The van der Waals surface area contributed by atoms with Crippen molar-refractivity contribution in [1.82, 2.24) is 9.38 Å². The first kappa shape index (κ1) is 21.2. The maximum Gasteiger partial charge on any atom is 0.494 e. The zero-order valence-corrected chi connectivity index (χ0v) is 21.0. The number of fused-ring (bicyclic) bond motifs is 13. The van der Waals surface area contributed by atoms with Crippen LogP contribution in [0.2, 0.25) is 0 Å². The van der Waals surface area contributed by atoms with E-state index in [2.05, 4.69) is 116 Å². The van der Waals surface area contributed by atoms with Crippen molar-refractivity contribution >= 4 is 72.5 Å². The Bertz CT molecular complexity index is 2060. The number of nitrogens with zero attached hydrogens (tertiary/aromatic N) is 2. The highest BCUT2D eigenvalue weighted by Crippen LogP contribution is 2.39. The molecule has 1 saturated heterocycles. The molecule has 0 amide bonds. The van der Waals surface area contributed by atoms with Gasteiger partial charge in [-0.15, -0.1) is 0 Å². The Hall–Kier alpha value is -3.93. The Morgan fingerprint density at radius 3 is 2.00 bits per heavy atom. The molecule has 3 heterocycles. The summed E-state index contributed by atoms with van der Waals surface area (Å²) in [6, 6.07) is 32.5. The molecule has 0 aliphatic carbocycles. The third kappa shape index (κ3) is 2.84. The molecule has 4 nitrogen and oxygen atoms in total. The maximum absolute atomic E-state index is 6.32. The molecule has 1 unspecified atom stereocenters. The lowest BCUT2D eigenvalue weighted by atomic mass is 9.78. The molecule has 0 bridgehead atoms. The van der Waals surface area contributed by atoms with E-state index in [0.29, 0.717) is 0 Å². The van der Waals surface area contributed by atoms with Crippen molar-refractivity contribution in [3.8, 4) is 0 Å². The summed E-state index contributed by atoms with van der Waals surface area (Å²) in [6.07, 6.45) is 0.0182. The summed E-state index contributed by atoms with van der Waals surface area (Å²) in [5.41, 5.74) is 5.01. The topological polar surface area (TPSA) is 35.8 Å². The largest absolute Gasteiger partial charge is 0.494 e. The van der Waals surface area contributed by atoms with Crippen molar-refractivity contribution in [2.45, 2.75) is 32.5 Å². The van der Waals surface area contributed by atoms with Gasteiger partial charge in [-0.2, -0.15) is 0 Å². The first-order valence-corrected chi connectivity index (χ1v) is 12.9. The van der Waals surface area contributed by atoms with Gasteiger partial charge >= 0.3 is 7.12 Å². The standard InChI is InChI=1S/C32H25BN2O2/c1-19-32(2,3)37-33(36-19)20-16-17-28-27(18-20)23-12-6-9-15-26(23)31-34-29-24-13-7-4-10-21(24)22-11-5-8-14-25(22)30(29)35(28)31/h4-19H,1-3H3. The summed E-state index contributed by atoms with van der Waals surface area (Å²) in [5, 5.41) is 8.35. The molecule has 5 heteroatoms. The Morgan fingerprint density at radius 2 is 1.32 bits per heavy atom. The SMILES string of the molecule is CC1OB(c2ccc3c(c2)c2ccccc2c2nc4c5ccccc5c5ccccc5c4n32)OC1(C)C. The minimum atomic E-state index is -0.381. The second-order valence-electron chi connectivity index (χ2n) is 10.7. The quantitative estimate of drug-likeness (QED) is 0.187. The molecular formula is C32H25BN2O2. The molecule has 1 fully saturated rings. The van der Waals surface area contributed by atoms with Gasteiger partial charge in [-0.25, -0.2) is 4.98 Å². The Morgan fingerprint density at radius 1 is 0.730 bits per heavy atom. The van der Waals surface area contributed by atoms with E-state index in [1.54, 1.807) is 0 Å². The van der Waals surface area contributed by atoms with Crippen molar-refractivity contribution in [3.05, 3.63) is 91.0 Å². The zero-order valence-electron chi connectivity index (χ0n) is 21.0. The Balaban J connectivity index is 1.56. The highest BCUT2D eigenvalue weighted by atomic mass is 16.7. The molecule has 0 spiro atoms. The Kier molecular flexibility index (Phi) is 4.19. The van der Waals surface area contributed by atoms with E-state index in [4.69, 9.17) is 14.3 Å². The lowest BCUT2D eigenvalue weighted by Crippen LogP contribution is -2.34. The van der Waals surface area contributed by atoms with Crippen LogP contribution in [0.25, 0.3) is 59.9 Å². The van der Waals surface area contributed by atoms with Crippen LogP contribution >= 0.6 is 0 Å². The number of aromatic nitrogens is 2. The van der Waals surface area contributed by atoms with E-state index in [0.717, 1.165) is 33.0 Å². The van der Waals surface area contributed by atoms with Crippen molar-refractivity contribution in [2.24, 2.45) is 0 Å². The number of rotatable bonds is 1. The van der Waals surface area contributed by atoms with E-state index in [-0.39, 0.29) is 18.8 Å². The van der Waals surface area contributed by atoms with Crippen LogP contribution < -0.4 is 5.46 Å². The molecule has 0 radical (unpaired) electrons. The lowest BCUT2D eigenvalue weighted by Gasteiger charge is -2.21. The predicted octanol–water partition coefficient (Wildman–Crippen LogP) is 7.01. The minimum absolute atomic E-state index is 0.0182. The normalized spacial score (nSPS) is 17.8. The van der Waals surface area contributed by atoms with Gasteiger partial charge < -0.3 is 9.31 Å². The highest BCUT2D eigenvalue weighted by molar-refractivity contribution is 6.62. The lowest BCUT2D eigenvalue weighted by molar-refractivity contribution is 0.0842. The number of pyridine rings is 1. The second-order valence-corrected chi connectivity index (χ2v) is 10.7. The molecule has 178 valence electrons. The van der Waals surface area contributed by atoms with Crippen LogP contribution in [0.5, 0.6) is 0 Å². The summed E-state index contributed by atoms with van der Waals surface area (Å²) in [6.45, 7) is 6.25. The number of hydrogen-bond donors (Lipinski definition) is 0. The third-order valence-electron chi connectivity index (χ3n) is 8.24. The van der Waals surface area contributed by atoms with Crippen molar-refractivity contribution in [2.75, 3.05) is 0 Å². The molecule has 1 aliphatic heterocycles. The highest BCUT2D eigenvalue weighted by Gasteiger charge is 2.43. The molecule has 0 N–H and O–H groups in total. The number of hydrogen-bond acceptors (Lipinski definition) is 3. The first-order chi connectivity index (χ1) is 18.0. The summed E-state index contributed by atoms with van der Waals surface area (Å²) in [7, 11) is -0.381. The molecule has 1 aliphatic rings. The van der Waals surface area contributed by atoms with Crippen molar-refractivity contribution in [1.29, 1.82) is 0 Å². The fraction of sp³-hybridized carbons (Fsp3) is 0.156. The van der Waals surface area contributed by atoms with Crippen LogP contribution in [0.15, 0.2) is 91.0 Å². The van der Waals surface area contributed by atoms with Crippen LogP contribution in [-0.4, -0.2) is 28.2 Å². The molecule has 1 atom stereocenters. The molecule has 37 heavy (non-hydrogen) atoms. The number of imidazole rings is 1. The molecule has 7 aromatic rings. The first-order valence-electron chi connectivity index (χ1n) is 12.9. The van der Waals surface area contributed by atoms with Crippen LogP contribution in [0, 0.1) is 0 Å². The van der Waals surface area contributed by atoms with Crippen LogP contribution in [0.3, 0.4) is 0 Å². The monoisotopic (exact) mass is 480 g/mol. The molecule has 2 aromatic heterocycles. The fourth-order valence-corrected chi connectivity index (χ4v) is 6.04. The van der Waals surface area contributed by atoms with Gasteiger partial charge in [-0.1, -0.05) is 84.9 Å². The second kappa shape index (κ2) is 7.31. The van der Waals surface area contributed by atoms with E-state index < -0.39 is 0 Å². The number of benzene rings is 5. The van der Waals surface area contributed by atoms with Crippen LogP contribution in [0.4, 0.5) is 0 Å². The van der Waals surface area contributed by atoms with Gasteiger partial charge in [-0.3, -0.25) is 4.40 Å². The van der Waals surface area contributed by atoms with Crippen molar-refractivity contribution < 1.29 is 9.31 Å². The fourth-order valence-electron chi connectivity index (χ4n) is 6.04. The van der Waals surface area contributed by atoms with Gasteiger partial charge in [0.1, 0.15) is 5.65 Å². The smallest absolute Gasteiger partial charge is 0.402 e. The molecule has 0 saturated carbocycles. The van der Waals surface area contributed by atoms with E-state index >= 15 is 0 Å². The Labute approximate surface area is 214 Å². The average Bonchev–Trinajstić information content (AvgIpc) is 3.46. The van der Waals surface area contributed by atoms with E-state index in [9.17, 15) is 0 Å². The van der Waals surface area contributed by atoms with Gasteiger partial charge in [-0.05, 0) is 48.5 Å². The summed E-state index contributed by atoms with van der Waals surface area (Å²) >= 11 is 0. The van der Waals surface area contributed by atoms with Crippen LogP contribution in [-0.2, 0) is 9.31 Å². The van der Waals surface area contributed by atoms with Gasteiger partial charge in [0.2, 0.25) is 0 Å². The van der Waals surface area contributed by atoms with E-state index in [1.165, 1.54) is 32.3 Å². The van der Waals surface area contributed by atoms with Crippen LogP contribution in [0.1, 0.15) is 20.8 Å². The minimum Gasteiger partial charge on any atom is -0.402 e. The van der Waals surface area contributed by atoms with Gasteiger partial charge in [0.05, 0.1) is 28.3 Å². The van der Waals surface area contributed by atoms with E-state index in [1.807, 2.05) is 0 Å². The van der Waals surface area contributed by atoms with Gasteiger partial charge in [0.15, 0.2) is 0 Å². The third-order valence-corrected chi connectivity index (χ3v) is 8.24. The van der Waals surface area contributed by atoms with Gasteiger partial charge in [0.25, 0.3) is 0 Å². The zero-order chi connectivity index (χ0) is 24.9. The average molecular weight is 480 g/mol. The molecular weight excluding hydrogens is 455 g/mol.